The number of esters is 1. The fraction of sp³-hybridized carbons (Fsp3) is 0.737. The van der Waals surface area contributed by atoms with Gasteiger partial charge in [0.2, 0.25) is 0 Å². The molecule has 0 amide bonds. The van der Waals surface area contributed by atoms with Crippen LogP contribution in [0.1, 0.15) is 80.2 Å². The van der Waals surface area contributed by atoms with Crippen molar-refractivity contribution in [2.75, 3.05) is 32.8 Å². The van der Waals surface area contributed by atoms with E-state index in [-0.39, 0.29) is 42.5 Å². The fourth-order valence-electron chi connectivity index (χ4n) is 8.97. The van der Waals surface area contributed by atoms with Crippen LogP contribution in [-0.2, 0) is 33.3 Å². The van der Waals surface area contributed by atoms with Crippen molar-refractivity contribution in [2.24, 2.45) is 28.7 Å². The molecule has 3 saturated heterocycles. The topological polar surface area (TPSA) is 143 Å². The van der Waals surface area contributed by atoms with E-state index in [0.29, 0.717) is 30.5 Å². The molecule has 12 heteroatoms. The van der Waals surface area contributed by atoms with Crippen molar-refractivity contribution in [3.05, 3.63) is 23.8 Å². The SMILES string of the molecule is CC[C@@H]1OC(=O)[C@H](C)C(=O)[C@H](C)[C@@H](O[C@@H]2O[C@H](C)C[C@H](N(C)C)[C@H]2O)[C@@](C)(OC)C[C@@H](C)C2=Nc3cc(C#N)ccc3N3CO[C@@]1(C)[C@H]3[C@@H]2C. The summed E-state index contributed by atoms with van der Waals surface area (Å²) in [5, 5.41) is 21.3. The zero-order valence-corrected chi connectivity index (χ0v) is 31.5. The van der Waals surface area contributed by atoms with E-state index in [9.17, 15) is 20.0 Å². The number of benzene rings is 1. The van der Waals surface area contributed by atoms with Gasteiger partial charge in [-0.2, -0.15) is 5.26 Å². The lowest BCUT2D eigenvalue weighted by molar-refractivity contribution is -0.295. The molecule has 13 atom stereocenters. The van der Waals surface area contributed by atoms with Crippen molar-refractivity contribution in [2.45, 2.75) is 129 Å². The summed E-state index contributed by atoms with van der Waals surface area (Å²) >= 11 is 0. The molecule has 0 aromatic heterocycles. The average molecular weight is 697 g/mol. The first-order chi connectivity index (χ1) is 23.5. The van der Waals surface area contributed by atoms with Crippen LogP contribution in [0.3, 0.4) is 0 Å². The molecule has 0 unspecified atom stereocenters. The summed E-state index contributed by atoms with van der Waals surface area (Å²) in [6.45, 7) is 15.5. The number of ketones is 1. The number of aliphatic imine (C=N–C) groups is 1. The number of Topliss-reactive ketones (excluding diaryl/α,β-unsaturated/α-hetero) is 1. The molecule has 1 N–H and O–H groups in total. The maximum atomic E-state index is 14.3. The second kappa shape index (κ2) is 14.6. The quantitative estimate of drug-likeness (QED) is 0.340. The number of carbonyl (C=O) groups is 2. The molecule has 0 aliphatic carbocycles. The highest BCUT2D eigenvalue weighted by Gasteiger charge is 2.57. The van der Waals surface area contributed by atoms with Crippen molar-refractivity contribution in [1.82, 2.24) is 4.90 Å². The number of ether oxygens (including phenoxy) is 5. The number of aliphatic hydroxyl groups excluding tert-OH is 1. The maximum absolute atomic E-state index is 14.3. The number of nitrogens with zero attached hydrogens (tertiary/aromatic N) is 4. The summed E-state index contributed by atoms with van der Waals surface area (Å²) in [5.41, 5.74) is 0.808. The highest BCUT2D eigenvalue weighted by molar-refractivity contribution is 6.00. The molecule has 0 radical (unpaired) electrons. The van der Waals surface area contributed by atoms with Gasteiger partial charge in [0.1, 0.15) is 30.5 Å². The minimum atomic E-state index is -1.10. The summed E-state index contributed by atoms with van der Waals surface area (Å²) < 4.78 is 32.1. The highest BCUT2D eigenvalue weighted by atomic mass is 16.7. The van der Waals surface area contributed by atoms with E-state index in [1.807, 2.05) is 52.8 Å². The zero-order valence-electron chi connectivity index (χ0n) is 31.5. The molecule has 0 spiro atoms. The zero-order chi connectivity index (χ0) is 36.9. The first kappa shape index (κ1) is 38.3. The van der Waals surface area contributed by atoms with Gasteiger partial charge in [0.15, 0.2) is 12.1 Å². The Morgan fingerprint density at radius 2 is 1.84 bits per heavy atom. The number of fused-ring (bicyclic) bond motifs is 3. The van der Waals surface area contributed by atoms with Gasteiger partial charge in [0.25, 0.3) is 0 Å². The molecular formula is C38H56N4O8. The highest BCUT2D eigenvalue weighted by Crippen LogP contribution is 2.48. The van der Waals surface area contributed by atoms with Gasteiger partial charge in [-0.05, 0) is 85.2 Å². The molecule has 12 nitrogen and oxygen atoms in total. The van der Waals surface area contributed by atoms with Crippen molar-refractivity contribution in [3.63, 3.8) is 0 Å². The minimum Gasteiger partial charge on any atom is -0.459 e. The van der Waals surface area contributed by atoms with Crippen LogP contribution in [0, 0.1) is 35.0 Å². The van der Waals surface area contributed by atoms with Gasteiger partial charge < -0.3 is 38.6 Å². The number of hydrogen-bond donors (Lipinski definition) is 1. The van der Waals surface area contributed by atoms with Crippen LogP contribution in [0.2, 0.25) is 0 Å². The van der Waals surface area contributed by atoms with Gasteiger partial charge in [-0.15, -0.1) is 0 Å². The van der Waals surface area contributed by atoms with E-state index >= 15 is 0 Å². The first-order valence-corrected chi connectivity index (χ1v) is 18.0. The number of methoxy groups -OCH3 is 1. The number of aliphatic hydroxyl groups is 1. The molecule has 1 aromatic carbocycles. The number of anilines is 1. The van der Waals surface area contributed by atoms with Gasteiger partial charge >= 0.3 is 5.97 Å². The predicted molar refractivity (Wildman–Crippen MR) is 188 cm³/mol. The number of cyclic esters (lactones) is 1. The van der Waals surface area contributed by atoms with Gasteiger partial charge in [-0.25, -0.2) is 0 Å². The second-order valence-corrected chi connectivity index (χ2v) is 15.5. The summed E-state index contributed by atoms with van der Waals surface area (Å²) in [6, 6.07) is 7.20. The van der Waals surface area contributed by atoms with E-state index in [1.165, 1.54) is 0 Å². The Kier molecular flexibility index (Phi) is 11.2. The molecule has 4 heterocycles. The van der Waals surface area contributed by atoms with Crippen LogP contribution in [0.5, 0.6) is 0 Å². The molecule has 3 fully saturated rings. The number of carbonyl (C=O) groups excluding carboxylic acids is 2. The Balaban J connectivity index is 1.66. The molecule has 4 aliphatic rings. The summed E-state index contributed by atoms with van der Waals surface area (Å²) in [5.74, 6) is -3.34. The Bertz CT molecular complexity index is 1510. The Hall–Kier alpha value is -2.92. The Morgan fingerprint density at radius 3 is 2.46 bits per heavy atom. The Labute approximate surface area is 297 Å². The first-order valence-electron chi connectivity index (χ1n) is 18.0. The summed E-state index contributed by atoms with van der Waals surface area (Å²) in [6.07, 6.45) is -2.37. The summed E-state index contributed by atoms with van der Waals surface area (Å²) in [7, 11) is 5.40. The number of nitriles is 1. The lowest BCUT2D eigenvalue weighted by Crippen LogP contribution is -2.60. The molecular weight excluding hydrogens is 640 g/mol. The van der Waals surface area contributed by atoms with Crippen molar-refractivity contribution in [1.29, 1.82) is 5.26 Å². The van der Waals surface area contributed by atoms with Crippen LogP contribution in [0.25, 0.3) is 0 Å². The van der Waals surface area contributed by atoms with Gasteiger partial charge in [0, 0.05) is 30.7 Å². The number of hydrogen-bond acceptors (Lipinski definition) is 12. The van der Waals surface area contributed by atoms with Crippen molar-refractivity contribution < 1.29 is 38.4 Å². The lowest BCUT2D eigenvalue weighted by Gasteiger charge is -2.47. The van der Waals surface area contributed by atoms with Crippen LogP contribution < -0.4 is 4.90 Å². The molecule has 0 saturated carbocycles. The normalized spacial score (nSPS) is 41.1. The molecule has 50 heavy (non-hydrogen) atoms. The van der Waals surface area contributed by atoms with Crippen LogP contribution >= 0.6 is 0 Å². The predicted octanol–water partition coefficient (Wildman–Crippen LogP) is 4.62. The molecule has 4 aliphatic heterocycles. The fourth-order valence-corrected chi connectivity index (χ4v) is 8.97. The van der Waals surface area contributed by atoms with E-state index in [4.69, 9.17) is 28.7 Å². The third-order valence-corrected chi connectivity index (χ3v) is 11.8. The van der Waals surface area contributed by atoms with Crippen LogP contribution in [-0.4, -0.2) is 109 Å². The second-order valence-electron chi connectivity index (χ2n) is 15.5. The lowest BCUT2D eigenvalue weighted by atomic mass is 9.73. The smallest absolute Gasteiger partial charge is 0.316 e. The third-order valence-electron chi connectivity index (χ3n) is 11.8. The molecule has 1 aromatic rings. The number of likely N-dealkylation sites (N-methyl/N-ethyl adjacent to an activating group) is 1. The largest absolute Gasteiger partial charge is 0.459 e. The van der Waals surface area contributed by atoms with Gasteiger partial charge in [-0.1, -0.05) is 27.7 Å². The van der Waals surface area contributed by atoms with Crippen LogP contribution in [0.4, 0.5) is 11.4 Å². The standard InChI is InChI=1S/C38H56N4O8/c1-12-29-38(8)33-22(4)30(40-26-16-25(18-39)13-14-27(26)42(33)19-47-38)20(2)17-37(7,46-11)34(23(5)31(43)24(6)35(45)49-29)50-36-32(44)28(41(9)10)15-21(3)48-36/h13-14,16,20-24,28-29,32-34,36,44H,12,15,17,19H2,1-11H3/t20-,21-,22-,23+,24-,28+,29+,32-,33-,34-,36+,37+,38-/m1/s1. The molecule has 5 rings (SSSR count). The maximum Gasteiger partial charge on any atom is 0.316 e. The number of rotatable bonds is 5. The van der Waals surface area contributed by atoms with E-state index in [1.54, 1.807) is 33.1 Å². The summed E-state index contributed by atoms with van der Waals surface area (Å²) in [4.78, 5) is 37.6. The van der Waals surface area contributed by atoms with Crippen LogP contribution in [0.15, 0.2) is 23.2 Å². The average Bonchev–Trinajstić information content (AvgIpc) is 3.38. The van der Waals surface area contributed by atoms with Crippen molar-refractivity contribution >= 4 is 28.8 Å². The van der Waals surface area contributed by atoms with Crippen molar-refractivity contribution in [3.8, 4) is 6.07 Å². The van der Waals surface area contributed by atoms with E-state index < -0.39 is 53.6 Å². The van der Waals surface area contributed by atoms with E-state index in [0.717, 1.165) is 11.4 Å². The molecule has 2 bridgehead atoms. The third kappa shape index (κ3) is 6.73. The van der Waals surface area contributed by atoms with Gasteiger partial charge in [0.05, 0.1) is 46.9 Å². The van der Waals surface area contributed by atoms with Gasteiger partial charge in [-0.3, -0.25) is 14.6 Å². The Morgan fingerprint density at radius 1 is 1.14 bits per heavy atom. The minimum absolute atomic E-state index is 0.187. The molecule has 276 valence electrons. The van der Waals surface area contributed by atoms with E-state index in [2.05, 4.69) is 24.8 Å². The monoisotopic (exact) mass is 696 g/mol.